The number of rotatable bonds is 6. The Balaban J connectivity index is 2.12. The van der Waals surface area contributed by atoms with Gasteiger partial charge in [-0.2, -0.15) is 0 Å². The van der Waals surface area contributed by atoms with Gasteiger partial charge in [0.15, 0.2) is 0 Å². The molecule has 5 nitrogen and oxygen atoms in total. The molecule has 0 spiro atoms. The quantitative estimate of drug-likeness (QED) is 0.766. The van der Waals surface area contributed by atoms with Crippen molar-refractivity contribution in [2.75, 3.05) is 18.5 Å². The lowest BCUT2D eigenvalue weighted by Gasteiger charge is -2.20. The Morgan fingerprint density at radius 3 is 2.52 bits per heavy atom. The van der Waals surface area contributed by atoms with E-state index in [2.05, 4.69) is 11.6 Å². The van der Waals surface area contributed by atoms with Crippen LogP contribution in [0.3, 0.4) is 0 Å². The van der Waals surface area contributed by atoms with Crippen molar-refractivity contribution in [2.45, 2.75) is 13.5 Å². The summed E-state index contributed by atoms with van der Waals surface area (Å²) in [6.45, 7) is 6.52. The number of anilines is 1. The van der Waals surface area contributed by atoms with E-state index in [1.165, 1.54) is 22.3 Å². The first-order valence-electron chi connectivity index (χ1n) is 7.24. The van der Waals surface area contributed by atoms with Crippen LogP contribution in [0, 0.1) is 0 Å². The molecule has 0 N–H and O–H groups in total. The van der Waals surface area contributed by atoms with Crippen LogP contribution in [0.2, 0.25) is 0 Å². The Morgan fingerprint density at radius 1 is 1.30 bits per heavy atom. The van der Waals surface area contributed by atoms with Gasteiger partial charge in [-0.25, -0.2) is 4.98 Å². The molecule has 0 aliphatic carbocycles. The van der Waals surface area contributed by atoms with Crippen molar-refractivity contribution in [3.8, 4) is 0 Å². The fraction of sp³-hybridized carbons (Fsp3) is 0.235. The molecule has 2 rings (SSSR count). The van der Waals surface area contributed by atoms with Crippen LogP contribution < -0.4 is 4.90 Å². The lowest BCUT2D eigenvalue weighted by atomic mass is 10.1. The molecule has 1 aromatic heterocycles. The number of hydrogen-bond donors (Lipinski definition) is 0. The first kappa shape index (κ1) is 16.9. The molecule has 0 saturated carbocycles. The third-order valence-electron chi connectivity index (χ3n) is 3.49. The molecule has 0 atom stereocenters. The highest BCUT2D eigenvalue weighted by Crippen LogP contribution is 2.17. The minimum atomic E-state index is -0.192. The van der Waals surface area contributed by atoms with Gasteiger partial charge in [0.25, 0.3) is 5.91 Å². The summed E-state index contributed by atoms with van der Waals surface area (Å²) in [6, 6.07) is 6.97. The predicted molar refractivity (Wildman–Crippen MR) is 92.6 cm³/mol. The topological polar surface area (TPSA) is 53.5 Å². The first-order valence-corrected chi connectivity index (χ1v) is 8.12. The Kier molecular flexibility index (Phi) is 5.65. The average Bonchev–Trinajstić information content (AvgIpc) is 3.11. The lowest BCUT2D eigenvalue weighted by Crippen LogP contribution is -2.30. The molecule has 0 saturated heterocycles. The number of thiazole rings is 1. The maximum Gasteiger partial charge on any atom is 0.254 e. The molecule has 6 heteroatoms. The maximum atomic E-state index is 12.6. The van der Waals surface area contributed by atoms with Crippen molar-refractivity contribution >= 4 is 28.8 Å². The molecule has 0 aliphatic heterocycles. The van der Waals surface area contributed by atoms with Gasteiger partial charge in [-0.05, 0) is 37.3 Å². The molecule has 2 aromatic rings. The van der Waals surface area contributed by atoms with E-state index in [-0.39, 0.29) is 11.8 Å². The monoisotopic (exact) mass is 329 g/mol. The van der Waals surface area contributed by atoms with E-state index in [0.717, 1.165) is 10.7 Å². The number of carbonyl (C=O) groups excluding carboxylic acids is 2. The van der Waals surface area contributed by atoms with E-state index in [1.54, 1.807) is 42.4 Å². The van der Waals surface area contributed by atoms with Crippen LogP contribution in [0.5, 0.6) is 0 Å². The summed E-state index contributed by atoms with van der Waals surface area (Å²) in [5.74, 6) is -0.241. The van der Waals surface area contributed by atoms with Gasteiger partial charge >= 0.3 is 0 Å². The van der Waals surface area contributed by atoms with Crippen LogP contribution in [0.25, 0.3) is 0 Å². The second-order valence-electron chi connectivity index (χ2n) is 4.89. The highest BCUT2D eigenvalue weighted by Gasteiger charge is 2.16. The average molecular weight is 329 g/mol. The van der Waals surface area contributed by atoms with Crippen molar-refractivity contribution in [1.29, 1.82) is 0 Å². The van der Waals surface area contributed by atoms with Gasteiger partial charge < -0.3 is 9.80 Å². The van der Waals surface area contributed by atoms with Gasteiger partial charge in [-0.15, -0.1) is 11.3 Å². The summed E-state index contributed by atoms with van der Waals surface area (Å²) in [5, 5.41) is 2.81. The van der Waals surface area contributed by atoms with Gasteiger partial charge in [0, 0.05) is 36.4 Å². The predicted octanol–water partition coefficient (Wildman–Crippen LogP) is 2.95. The number of amides is 2. The van der Waals surface area contributed by atoms with Crippen molar-refractivity contribution in [2.24, 2.45) is 0 Å². The SMILES string of the molecule is C=CC(=O)N(C)c1ccc(C(=O)N(CC)Cc2nccs2)cc1. The van der Waals surface area contributed by atoms with Crippen LogP contribution >= 0.6 is 11.3 Å². The molecular weight excluding hydrogens is 310 g/mol. The largest absolute Gasteiger partial charge is 0.332 e. The summed E-state index contributed by atoms with van der Waals surface area (Å²) in [7, 11) is 1.67. The second-order valence-corrected chi connectivity index (χ2v) is 5.87. The van der Waals surface area contributed by atoms with Crippen LogP contribution in [0.1, 0.15) is 22.3 Å². The fourth-order valence-corrected chi connectivity index (χ4v) is 2.73. The lowest BCUT2D eigenvalue weighted by molar-refractivity contribution is -0.113. The maximum absolute atomic E-state index is 12.6. The van der Waals surface area contributed by atoms with E-state index in [9.17, 15) is 9.59 Å². The van der Waals surface area contributed by atoms with Crippen molar-refractivity contribution in [3.05, 3.63) is 59.1 Å². The van der Waals surface area contributed by atoms with E-state index >= 15 is 0 Å². The minimum absolute atomic E-state index is 0.0491. The molecule has 0 bridgehead atoms. The molecule has 120 valence electrons. The van der Waals surface area contributed by atoms with Gasteiger partial charge in [0.2, 0.25) is 5.91 Å². The molecule has 0 unspecified atom stereocenters. The molecule has 0 radical (unpaired) electrons. The van der Waals surface area contributed by atoms with Gasteiger partial charge in [-0.1, -0.05) is 6.58 Å². The Bertz CT molecular complexity index is 680. The fourth-order valence-electron chi connectivity index (χ4n) is 2.10. The van der Waals surface area contributed by atoms with Crippen molar-refractivity contribution < 1.29 is 9.59 Å². The molecule has 1 heterocycles. The third kappa shape index (κ3) is 4.04. The first-order chi connectivity index (χ1) is 11.1. The van der Waals surface area contributed by atoms with E-state index < -0.39 is 0 Å². The highest BCUT2D eigenvalue weighted by molar-refractivity contribution is 7.09. The zero-order valence-corrected chi connectivity index (χ0v) is 14.0. The zero-order chi connectivity index (χ0) is 16.8. The number of likely N-dealkylation sites (N-methyl/N-ethyl adjacent to an activating group) is 1. The summed E-state index contributed by atoms with van der Waals surface area (Å²) in [5.41, 5.74) is 1.31. The van der Waals surface area contributed by atoms with Gasteiger partial charge in [0.05, 0.1) is 6.54 Å². The zero-order valence-electron chi connectivity index (χ0n) is 13.2. The molecule has 2 amide bonds. The van der Waals surface area contributed by atoms with Crippen molar-refractivity contribution in [3.63, 3.8) is 0 Å². The normalized spacial score (nSPS) is 10.2. The molecular formula is C17H19N3O2S. The standard InChI is InChI=1S/C17H19N3O2S/c1-4-16(21)19(3)14-8-6-13(7-9-14)17(22)20(5-2)12-15-18-10-11-23-15/h4,6-11H,1,5,12H2,2-3H3. The Morgan fingerprint density at radius 2 is 2.00 bits per heavy atom. The Labute approximate surface area is 139 Å². The highest BCUT2D eigenvalue weighted by atomic mass is 32.1. The summed E-state index contributed by atoms with van der Waals surface area (Å²) < 4.78 is 0. The molecule has 0 fully saturated rings. The van der Waals surface area contributed by atoms with Crippen LogP contribution in [0.4, 0.5) is 5.69 Å². The number of hydrogen-bond acceptors (Lipinski definition) is 4. The summed E-state index contributed by atoms with van der Waals surface area (Å²) >= 11 is 1.53. The van der Waals surface area contributed by atoms with E-state index in [4.69, 9.17) is 0 Å². The number of carbonyl (C=O) groups is 2. The van der Waals surface area contributed by atoms with Crippen LogP contribution in [0.15, 0.2) is 48.5 Å². The van der Waals surface area contributed by atoms with Crippen LogP contribution in [-0.4, -0.2) is 35.3 Å². The molecule has 0 aliphatic rings. The number of benzene rings is 1. The van der Waals surface area contributed by atoms with Gasteiger partial charge in [-0.3, -0.25) is 9.59 Å². The third-order valence-corrected chi connectivity index (χ3v) is 4.25. The summed E-state index contributed by atoms with van der Waals surface area (Å²) in [6.07, 6.45) is 2.99. The Hall–Kier alpha value is -2.47. The molecule has 1 aromatic carbocycles. The number of aromatic nitrogens is 1. The second kappa shape index (κ2) is 7.69. The number of nitrogens with zero attached hydrogens (tertiary/aromatic N) is 3. The molecule has 23 heavy (non-hydrogen) atoms. The van der Waals surface area contributed by atoms with E-state index in [0.29, 0.717) is 18.7 Å². The van der Waals surface area contributed by atoms with E-state index in [1.807, 2.05) is 12.3 Å². The van der Waals surface area contributed by atoms with Crippen LogP contribution in [-0.2, 0) is 11.3 Å². The minimum Gasteiger partial charge on any atom is -0.332 e. The summed E-state index contributed by atoms with van der Waals surface area (Å²) in [4.78, 5) is 31.6. The van der Waals surface area contributed by atoms with Crippen molar-refractivity contribution in [1.82, 2.24) is 9.88 Å². The smallest absolute Gasteiger partial charge is 0.254 e. The van der Waals surface area contributed by atoms with Gasteiger partial charge in [0.1, 0.15) is 5.01 Å².